The van der Waals surface area contributed by atoms with Gasteiger partial charge in [-0.25, -0.2) is 0 Å². The second-order valence-corrected chi connectivity index (χ2v) is 5.42. The van der Waals surface area contributed by atoms with E-state index in [1.54, 1.807) is 24.3 Å². The fourth-order valence-electron chi connectivity index (χ4n) is 2.37. The molecule has 1 amide bonds. The van der Waals surface area contributed by atoms with Crippen LogP contribution in [-0.2, 0) is 4.79 Å². The van der Waals surface area contributed by atoms with E-state index in [4.69, 9.17) is 21.4 Å². The van der Waals surface area contributed by atoms with E-state index in [0.29, 0.717) is 23.6 Å². The Bertz CT molecular complexity index is 451. The van der Waals surface area contributed by atoms with Gasteiger partial charge in [0.2, 0.25) is 0 Å². The number of aliphatic hydroxyl groups excluding tert-OH is 2. The van der Waals surface area contributed by atoms with Crippen LogP contribution in [-0.4, -0.2) is 41.5 Å². The number of ether oxygens (including phenoxy) is 1. The van der Waals surface area contributed by atoms with E-state index in [9.17, 15) is 9.90 Å². The number of benzene rings is 1. The largest absolute Gasteiger partial charge is 0.484 e. The van der Waals surface area contributed by atoms with Crippen molar-refractivity contribution in [1.29, 1.82) is 0 Å². The Morgan fingerprint density at radius 3 is 2.65 bits per heavy atom. The Kier molecular flexibility index (Phi) is 5.23. The van der Waals surface area contributed by atoms with Gasteiger partial charge in [-0.15, -0.1) is 0 Å². The van der Waals surface area contributed by atoms with E-state index in [0.717, 1.165) is 0 Å². The molecule has 1 aliphatic rings. The van der Waals surface area contributed by atoms with Crippen LogP contribution >= 0.6 is 11.6 Å². The Hall–Kier alpha value is -1.30. The van der Waals surface area contributed by atoms with E-state index in [2.05, 4.69) is 5.32 Å². The molecule has 0 spiro atoms. The van der Waals surface area contributed by atoms with Gasteiger partial charge in [0.05, 0.1) is 6.10 Å². The van der Waals surface area contributed by atoms with Gasteiger partial charge in [-0.05, 0) is 37.1 Å². The van der Waals surface area contributed by atoms with Crippen LogP contribution in [0.25, 0.3) is 0 Å². The lowest BCUT2D eigenvalue weighted by atomic mass is 10.1. The maximum Gasteiger partial charge on any atom is 0.258 e. The Morgan fingerprint density at radius 2 is 2.05 bits per heavy atom. The lowest BCUT2D eigenvalue weighted by molar-refractivity contribution is -0.123. The molecule has 0 unspecified atom stereocenters. The van der Waals surface area contributed by atoms with Gasteiger partial charge in [0.15, 0.2) is 6.61 Å². The highest BCUT2D eigenvalue weighted by molar-refractivity contribution is 6.30. The van der Waals surface area contributed by atoms with Crippen molar-refractivity contribution >= 4 is 17.5 Å². The molecule has 20 heavy (non-hydrogen) atoms. The van der Waals surface area contributed by atoms with E-state index in [-0.39, 0.29) is 31.1 Å². The van der Waals surface area contributed by atoms with Crippen LogP contribution in [0.4, 0.5) is 0 Å². The van der Waals surface area contributed by atoms with Gasteiger partial charge in [-0.1, -0.05) is 11.6 Å². The highest BCUT2D eigenvalue weighted by Gasteiger charge is 2.33. The third-order valence-corrected chi connectivity index (χ3v) is 3.69. The molecule has 3 atom stereocenters. The summed E-state index contributed by atoms with van der Waals surface area (Å²) in [5, 5.41) is 22.1. The van der Waals surface area contributed by atoms with Crippen LogP contribution in [0.3, 0.4) is 0 Å². The third-order valence-electron chi connectivity index (χ3n) is 3.44. The third kappa shape index (κ3) is 4.10. The first-order chi connectivity index (χ1) is 9.58. The molecule has 3 N–H and O–H groups in total. The minimum atomic E-state index is -0.553. The first kappa shape index (κ1) is 15.1. The lowest BCUT2D eigenvalue weighted by Crippen LogP contribution is -2.36. The predicted octanol–water partition coefficient (Wildman–Crippen LogP) is 0.967. The van der Waals surface area contributed by atoms with Gasteiger partial charge in [-0.3, -0.25) is 4.79 Å². The van der Waals surface area contributed by atoms with E-state index >= 15 is 0 Å². The van der Waals surface area contributed by atoms with Gasteiger partial charge in [0.25, 0.3) is 5.91 Å². The fourth-order valence-corrected chi connectivity index (χ4v) is 2.49. The molecule has 2 rings (SSSR count). The van der Waals surface area contributed by atoms with Crippen LogP contribution < -0.4 is 10.1 Å². The number of amides is 1. The maximum absolute atomic E-state index is 11.7. The maximum atomic E-state index is 11.7. The number of carbonyl (C=O) groups is 1. The summed E-state index contributed by atoms with van der Waals surface area (Å²) in [6.07, 6.45) is 0.505. The number of carbonyl (C=O) groups excluding carboxylic acids is 1. The molecule has 0 radical (unpaired) electrons. The Labute approximate surface area is 122 Å². The van der Waals surface area contributed by atoms with Gasteiger partial charge >= 0.3 is 0 Å². The van der Waals surface area contributed by atoms with Crippen LogP contribution in [0, 0.1) is 5.92 Å². The second-order valence-electron chi connectivity index (χ2n) is 4.99. The number of rotatable bonds is 5. The zero-order valence-corrected chi connectivity index (χ0v) is 11.7. The molecule has 5 nitrogen and oxygen atoms in total. The number of aliphatic hydroxyl groups is 2. The molecule has 1 saturated carbocycles. The molecule has 110 valence electrons. The molecular weight excluding hydrogens is 282 g/mol. The number of halogens is 1. The highest BCUT2D eigenvalue weighted by Crippen LogP contribution is 2.25. The molecule has 1 aliphatic carbocycles. The van der Waals surface area contributed by atoms with Crippen LogP contribution in [0.1, 0.15) is 12.8 Å². The smallest absolute Gasteiger partial charge is 0.258 e. The minimum Gasteiger partial charge on any atom is -0.484 e. The van der Waals surface area contributed by atoms with Gasteiger partial charge in [0, 0.05) is 23.6 Å². The lowest BCUT2D eigenvalue weighted by Gasteiger charge is -2.13. The normalized spacial score (nSPS) is 25.4. The summed E-state index contributed by atoms with van der Waals surface area (Å²) in [7, 11) is 0. The summed E-state index contributed by atoms with van der Waals surface area (Å²) < 4.78 is 5.33. The number of hydrogen-bond donors (Lipinski definition) is 3. The Morgan fingerprint density at radius 1 is 1.35 bits per heavy atom. The predicted molar refractivity (Wildman–Crippen MR) is 74.7 cm³/mol. The van der Waals surface area contributed by atoms with Crippen LogP contribution in [0.5, 0.6) is 5.75 Å². The summed E-state index contributed by atoms with van der Waals surface area (Å²) >= 11 is 5.75. The SMILES string of the molecule is O=C(COc1ccc(Cl)cc1)N[C@H]1C[C@H](CO)[C@H](O)C1. The molecular formula is C14H18ClNO4. The quantitative estimate of drug-likeness (QED) is 0.757. The molecule has 0 aliphatic heterocycles. The molecule has 6 heteroatoms. The van der Waals surface area contributed by atoms with Crippen molar-refractivity contribution < 1.29 is 19.7 Å². The van der Waals surface area contributed by atoms with Crippen molar-refractivity contribution in [1.82, 2.24) is 5.32 Å². The van der Waals surface area contributed by atoms with Crippen LogP contribution in [0.2, 0.25) is 5.02 Å². The van der Waals surface area contributed by atoms with Gasteiger partial charge < -0.3 is 20.3 Å². The van der Waals surface area contributed by atoms with Crippen LogP contribution in [0.15, 0.2) is 24.3 Å². The fraction of sp³-hybridized carbons (Fsp3) is 0.500. The first-order valence-corrected chi connectivity index (χ1v) is 6.93. The summed E-state index contributed by atoms with van der Waals surface area (Å²) in [4.78, 5) is 11.7. The summed E-state index contributed by atoms with van der Waals surface area (Å²) in [6.45, 7) is -0.146. The number of hydrogen-bond acceptors (Lipinski definition) is 4. The van der Waals surface area contributed by atoms with E-state index < -0.39 is 6.10 Å². The molecule has 0 bridgehead atoms. The Balaban J connectivity index is 1.74. The molecule has 1 aromatic carbocycles. The van der Waals surface area contributed by atoms with E-state index in [1.165, 1.54) is 0 Å². The average Bonchev–Trinajstić information content (AvgIpc) is 2.78. The highest BCUT2D eigenvalue weighted by atomic mass is 35.5. The summed E-state index contributed by atoms with van der Waals surface area (Å²) in [6, 6.07) is 6.65. The standard InChI is InChI=1S/C14H18ClNO4/c15-10-1-3-12(4-2-10)20-8-14(19)16-11-5-9(7-17)13(18)6-11/h1-4,9,11,13,17-18H,5-8H2,(H,16,19)/t9-,11+,13-/m1/s1. The summed E-state index contributed by atoms with van der Waals surface area (Å²) in [5.41, 5.74) is 0. The monoisotopic (exact) mass is 299 g/mol. The number of nitrogens with one attached hydrogen (secondary N) is 1. The van der Waals surface area contributed by atoms with Crippen molar-refractivity contribution in [2.75, 3.05) is 13.2 Å². The van der Waals surface area contributed by atoms with E-state index in [1.807, 2.05) is 0 Å². The molecule has 1 fully saturated rings. The van der Waals surface area contributed by atoms with Crippen molar-refractivity contribution in [3.05, 3.63) is 29.3 Å². The zero-order chi connectivity index (χ0) is 14.5. The average molecular weight is 300 g/mol. The minimum absolute atomic E-state index is 0.0607. The zero-order valence-electron chi connectivity index (χ0n) is 11.0. The summed E-state index contributed by atoms with van der Waals surface area (Å²) in [5.74, 6) is 0.178. The van der Waals surface area contributed by atoms with Crippen molar-refractivity contribution in [2.24, 2.45) is 5.92 Å². The topological polar surface area (TPSA) is 78.8 Å². The van der Waals surface area contributed by atoms with Crippen molar-refractivity contribution in [2.45, 2.75) is 25.0 Å². The van der Waals surface area contributed by atoms with Gasteiger partial charge in [0.1, 0.15) is 5.75 Å². The molecule has 0 heterocycles. The van der Waals surface area contributed by atoms with Crippen molar-refractivity contribution in [3.8, 4) is 5.75 Å². The van der Waals surface area contributed by atoms with Gasteiger partial charge in [-0.2, -0.15) is 0 Å². The van der Waals surface area contributed by atoms with Crippen molar-refractivity contribution in [3.63, 3.8) is 0 Å². The first-order valence-electron chi connectivity index (χ1n) is 6.55. The molecule has 1 aromatic rings. The molecule has 0 aromatic heterocycles. The second kappa shape index (κ2) is 6.92. The molecule has 0 saturated heterocycles.